The van der Waals surface area contributed by atoms with Gasteiger partial charge in [0.15, 0.2) is 0 Å². The molecule has 0 bridgehead atoms. The molecule has 0 aliphatic heterocycles. The fourth-order valence-electron chi connectivity index (χ4n) is 1.43. The molecule has 3 nitrogen and oxygen atoms in total. The molecule has 1 unspecified atom stereocenters. The van der Waals surface area contributed by atoms with Crippen molar-refractivity contribution in [2.45, 2.75) is 51.1 Å². The molecular formula is C10H20N2O. The molecule has 0 aromatic heterocycles. The lowest BCUT2D eigenvalue weighted by atomic mass is 10.1. The zero-order valence-corrected chi connectivity index (χ0v) is 8.60. The second-order valence-electron chi connectivity index (χ2n) is 3.82. The number of carbonyl (C=O) groups is 1. The molecule has 1 rings (SSSR count). The molecule has 0 aromatic carbocycles. The molecule has 0 heterocycles. The van der Waals surface area contributed by atoms with Crippen molar-refractivity contribution in [2.75, 3.05) is 7.05 Å². The van der Waals surface area contributed by atoms with Crippen molar-refractivity contribution in [1.29, 1.82) is 0 Å². The van der Waals surface area contributed by atoms with Gasteiger partial charge in [0.25, 0.3) is 0 Å². The van der Waals surface area contributed by atoms with Crippen molar-refractivity contribution in [3.05, 3.63) is 0 Å². The molecule has 0 spiro atoms. The van der Waals surface area contributed by atoms with Gasteiger partial charge in [0.1, 0.15) is 0 Å². The van der Waals surface area contributed by atoms with E-state index >= 15 is 0 Å². The molecular weight excluding hydrogens is 164 g/mol. The fourth-order valence-corrected chi connectivity index (χ4v) is 1.43. The smallest absolute Gasteiger partial charge is 0.221 e. The van der Waals surface area contributed by atoms with E-state index in [1.54, 1.807) is 0 Å². The van der Waals surface area contributed by atoms with E-state index in [0.29, 0.717) is 18.5 Å². The highest BCUT2D eigenvalue weighted by atomic mass is 16.1. The Bertz CT molecular complexity index is 166. The van der Waals surface area contributed by atoms with Crippen molar-refractivity contribution < 1.29 is 4.79 Å². The lowest BCUT2D eigenvalue weighted by molar-refractivity contribution is -0.121. The number of carbonyl (C=O) groups excluding carboxylic acids is 1. The van der Waals surface area contributed by atoms with E-state index in [-0.39, 0.29) is 5.91 Å². The van der Waals surface area contributed by atoms with E-state index in [1.807, 2.05) is 7.05 Å². The third-order valence-electron chi connectivity index (χ3n) is 2.42. The van der Waals surface area contributed by atoms with Crippen LogP contribution < -0.4 is 10.6 Å². The quantitative estimate of drug-likeness (QED) is 0.647. The van der Waals surface area contributed by atoms with Gasteiger partial charge in [-0.1, -0.05) is 13.3 Å². The van der Waals surface area contributed by atoms with E-state index in [1.165, 1.54) is 12.8 Å². The van der Waals surface area contributed by atoms with E-state index < -0.39 is 0 Å². The van der Waals surface area contributed by atoms with Crippen LogP contribution in [0.15, 0.2) is 0 Å². The topological polar surface area (TPSA) is 41.1 Å². The third-order valence-corrected chi connectivity index (χ3v) is 2.42. The molecule has 0 aromatic rings. The first-order valence-electron chi connectivity index (χ1n) is 5.23. The average molecular weight is 184 g/mol. The van der Waals surface area contributed by atoms with Crippen LogP contribution in [-0.2, 0) is 4.79 Å². The van der Waals surface area contributed by atoms with Gasteiger partial charge in [-0.25, -0.2) is 0 Å². The molecule has 0 radical (unpaired) electrons. The second-order valence-corrected chi connectivity index (χ2v) is 3.82. The van der Waals surface area contributed by atoms with Crippen molar-refractivity contribution in [3.8, 4) is 0 Å². The van der Waals surface area contributed by atoms with Crippen LogP contribution in [0.3, 0.4) is 0 Å². The molecule has 0 saturated heterocycles. The zero-order valence-electron chi connectivity index (χ0n) is 8.60. The summed E-state index contributed by atoms with van der Waals surface area (Å²) in [6, 6.07) is 0.843. The molecule has 2 N–H and O–H groups in total. The molecule has 1 atom stereocenters. The first kappa shape index (κ1) is 10.5. The number of rotatable bonds is 6. The summed E-state index contributed by atoms with van der Waals surface area (Å²) in [5.41, 5.74) is 0. The molecule has 1 saturated carbocycles. The molecule has 1 fully saturated rings. The highest BCUT2D eigenvalue weighted by Gasteiger charge is 2.23. The van der Waals surface area contributed by atoms with E-state index in [9.17, 15) is 4.79 Å². The summed E-state index contributed by atoms with van der Waals surface area (Å²) in [5, 5.41) is 6.16. The third kappa shape index (κ3) is 4.27. The first-order valence-corrected chi connectivity index (χ1v) is 5.23. The summed E-state index contributed by atoms with van der Waals surface area (Å²) in [4.78, 5) is 11.4. The maximum atomic E-state index is 11.4. The van der Waals surface area contributed by atoms with Crippen LogP contribution in [-0.4, -0.2) is 25.0 Å². The lowest BCUT2D eigenvalue weighted by Crippen LogP contribution is -2.34. The minimum Gasteiger partial charge on any atom is -0.353 e. The molecule has 1 aliphatic carbocycles. The number of amides is 1. The van der Waals surface area contributed by atoms with Crippen molar-refractivity contribution in [2.24, 2.45) is 0 Å². The predicted molar refractivity (Wildman–Crippen MR) is 53.5 cm³/mol. The molecule has 1 amide bonds. The summed E-state index contributed by atoms with van der Waals surface area (Å²) in [7, 11) is 1.92. The molecule has 76 valence electrons. The van der Waals surface area contributed by atoms with E-state index in [0.717, 1.165) is 12.8 Å². The molecule has 3 heteroatoms. The van der Waals surface area contributed by atoms with Gasteiger partial charge in [0.05, 0.1) is 0 Å². The van der Waals surface area contributed by atoms with Gasteiger partial charge in [-0.2, -0.15) is 0 Å². The van der Waals surface area contributed by atoms with Gasteiger partial charge in [0.2, 0.25) is 5.91 Å². The van der Waals surface area contributed by atoms with Crippen LogP contribution in [0.25, 0.3) is 0 Å². The van der Waals surface area contributed by atoms with Crippen LogP contribution in [0.1, 0.15) is 39.0 Å². The Morgan fingerprint density at radius 1 is 1.54 bits per heavy atom. The normalized spacial score (nSPS) is 18.3. The summed E-state index contributed by atoms with van der Waals surface area (Å²) in [6.45, 7) is 2.14. The SMILES string of the molecule is CCCC(CC(=O)NC1CC1)NC. The first-order chi connectivity index (χ1) is 6.26. The van der Waals surface area contributed by atoms with Crippen LogP contribution >= 0.6 is 0 Å². The van der Waals surface area contributed by atoms with Crippen molar-refractivity contribution in [3.63, 3.8) is 0 Å². The molecule has 1 aliphatic rings. The highest BCUT2D eigenvalue weighted by molar-refractivity contribution is 5.77. The summed E-state index contributed by atoms with van der Waals surface area (Å²) in [6.07, 6.45) is 5.17. The monoisotopic (exact) mass is 184 g/mol. The van der Waals surface area contributed by atoms with Crippen LogP contribution in [0.5, 0.6) is 0 Å². The van der Waals surface area contributed by atoms with Crippen LogP contribution in [0, 0.1) is 0 Å². The molecule has 13 heavy (non-hydrogen) atoms. The Labute approximate surface area is 80.3 Å². The minimum atomic E-state index is 0.204. The summed E-state index contributed by atoms with van der Waals surface area (Å²) < 4.78 is 0. The van der Waals surface area contributed by atoms with Crippen molar-refractivity contribution >= 4 is 5.91 Å². The van der Waals surface area contributed by atoms with Crippen LogP contribution in [0.2, 0.25) is 0 Å². The Morgan fingerprint density at radius 2 is 2.23 bits per heavy atom. The van der Waals surface area contributed by atoms with Gasteiger partial charge in [0, 0.05) is 18.5 Å². The van der Waals surface area contributed by atoms with Crippen LogP contribution in [0.4, 0.5) is 0 Å². The second kappa shape index (κ2) is 5.22. The van der Waals surface area contributed by atoms with Gasteiger partial charge >= 0.3 is 0 Å². The van der Waals surface area contributed by atoms with Gasteiger partial charge in [-0.3, -0.25) is 4.79 Å². The number of hydrogen-bond donors (Lipinski definition) is 2. The maximum Gasteiger partial charge on any atom is 0.221 e. The van der Waals surface area contributed by atoms with Crippen molar-refractivity contribution in [1.82, 2.24) is 10.6 Å². The highest BCUT2D eigenvalue weighted by Crippen LogP contribution is 2.18. The largest absolute Gasteiger partial charge is 0.353 e. The fraction of sp³-hybridized carbons (Fsp3) is 0.900. The van der Waals surface area contributed by atoms with Gasteiger partial charge in [-0.15, -0.1) is 0 Å². The van der Waals surface area contributed by atoms with E-state index in [4.69, 9.17) is 0 Å². The summed E-state index contributed by atoms with van der Waals surface area (Å²) >= 11 is 0. The standard InChI is InChI=1S/C10H20N2O/c1-3-4-9(11-2)7-10(13)12-8-5-6-8/h8-9,11H,3-7H2,1-2H3,(H,12,13). The van der Waals surface area contributed by atoms with Gasteiger partial charge in [-0.05, 0) is 26.3 Å². The van der Waals surface area contributed by atoms with E-state index in [2.05, 4.69) is 17.6 Å². The Kier molecular flexibility index (Phi) is 4.22. The number of nitrogens with one attached hydrogen (secondary N) is 2. The summed E-state index contributed by atoms with van der Waals surface area (Å²) in [5.74, 6) is 0.204. The Morgan fingerprint density at radius 3 is 2.69 bits per heavy atom. The lowest BCUT2D eigenvalue weighted by Gasteiger charge is -2.14. The average Bonchev–Trinajstić information content (AvgIpc) is 2.87. The number of hydrogen-bond acceptors (Lipinski definition) is 2. The Hall–Kier alpha value is -0.570. The maximum absolute atomic E-state index is 11.4. The zero-order chi connectivity index (χ0) is 9.68. The Balaban J connectivity index is 2.14. The van der Waals surface area contributed by atoms with Gasteiger partial charge < -0.3 is 10.6 Å². The minimum absolute atomic E-state index is 0.204. The predicted octanol–water partition coefficient (Wildman–Crippen LogP) is 1.04.